The Labute approximate surface area is 168 Å². The summed E-state index contributed by atoms with van der Waals surface area (Å²) in [7, 11) is 1.67. The zero-order valence-electron chi connectivity index (χ0n) is 14.2. The quantitative estimate of drug-likeness (QED) is 0.629. The van der Waals surface area contributed by atoms with Crippen LogP contribution in [0.25, 0.3) is 11.3 Å². The van der Waals surface area contributed by atoms with E-state index in [0.717, 1.165) is 16.9 Å². The zero-order chi connectivity index (χ0) is 19.7. The summed E-state index contributed by atoms with van der Waals surface area (Å²) in [4.78, 5) is 12.3. The molecule has 2 heterocycles. The van der Waals surface area contributed by atoms with Crippen molar-refractivity contribution in [2.75, 3.05) is 6.54 Å². The van der Waals surface area contributed by atoms with Crippen molar-refractivity contribution in [1.29, 1.82) is 0 Å². The summed E-state index contributed by atoms with van der Waals surface area (Å²) in [5, 5.41) is 7.88. The van der Waals surface area contributed by atoms with Gasteiger partial charge in [-0.1, -0.05) is 40.5 Å². The molecule has 0 aliphatic carbocycles. The van der Waals surface area contributed by atoms with E-state index in [9.17, 15) is 9.18 Å². The first kappa shape index (κ1) is 19.8. The lowest BCUT2D eigenvalue weighted by atomic mass is 9.88. The van der Waals surface area contributed by atoms with Crippen molar-refractivity contribution in [2.45, 2.75) is 12.3 Å². The highest BCUT2D eigenvalue weighted by Crippen LogP contribution is 2.45. The third-order valence-electron chi connectivity index (χ3n) is 4.21. The highest BCUT2D eigenvalue weighted by molar-refractivity contribution is 7.18. The summed E-state index contributed by atoms with van der Waals surface area (Å²) in [6.45, 7) is 0.194. The molecule has 0 saturated carbocycles. The van der Waals surface area contributed by atoms with Gasteiger partial charge in [-0.2, -0.15) is 0 Å². The number of aryl methyl sites for hydroxylation is 1. The monoisotopic (exact) mass is 427 g/mol. The number of amides is 1. The van der Waals surface area contributed by atoms with E-state index in [0.29, 0.717) is 32.5 Å². The molecule has 0 radical (unpaired) electrons. The van der Waals surface area contributed by atoms with Gasteiger partial charge >= 0.3 is 0 Å². The largest absolute Gasteiger partial charge is 0.365 e. The molecule has 3 aromatic rings. The molecule has 0 bridgehead atoms. The zero-order valence-corrected chi connectivity index (χ0v) is 16.6. The molecule has 4 N–H and O–H groups in total. The highest BCUT2D eigenvalue weighted by atomic mass is 35.5. The van der Waals surface area contributed by atoms with Gasteiger partial charge in [-0.25, -0.2) is 9.07 Å². The molecule has 2 aromatic heterocycles. The van der Waals surface area contributed by atoms with Gasteiger partial charge in [0.05, 0.1) is 4.88 Å². The Bertz CT molecular complexity index is 984. The van der Waals surface area contributed by atoms with Crippen molar-refractivity contribution in [1.82, 2.24) is 15.0 Å². The van der Waals surface area contributed by atoms with Crippen LogP contribution in [0.15, 0.2) is 24.3 Å². The third-order valence-corrected chi connectivity index (χ3v) is 5.90. The van der Waals surface area contributed by atoms with Crippen molar-refractivity contribution in [3.8, 4) is 11.3 Å². The van der Waals surface area contributed by atoms with Crippen LogP contribution < -0.4 is 11.5 Å². The number of rotatable bonds is 6. The van der Waals surface area contributed by atoms with Gasteiger partial charge in [0, 0.05) is 18.5 Å². The molecule has 0 aliphatic rings. The topological polar surface area (TPSA) is 99.8 Å². The molecule has 10 heteroatoms. The standard InChI is InChI=1S/C17H16Cl2FN5OS/c1-25-13(15(18)23-24-25)12-11(14(17(22)26)27-16(12)19)9(7-21)5-8-3-2-4-10(20)6-8/h2-4,6,9H,5,7,21H2,1H3,(H2,22,26)/t9-/m1/s1. The second-order valence-electron chi connectivity index (χ2n) is 5.98. The molecule has 142 valence electrons. The van der Waals surface area contributed by atoms with Crippen LogP contribution in [0.5, 0.6) is 0 Å². The molecule has 0 aliphatic heterocycles. The van der Waals surface area contributed by atoms with Gasteiger partial charge in [0.15, 0.2) is 5.15 Å². The van der Waals surface area contributed by atoms with Crippen LogP contribution in [0.4, 0.5) is 4.39 Å². The number of nitrogens with two attached hydrogens (primary N) is 2. The summed E-state index contributed by atoms with van der Waals surface area (Å²) < 4.78 is 15.4. The number of carbonyl (C=O) groups is 1. The van der Waals surface area contributed by atoms with Gasteiger partial charge < -0.3 is 11.5 Å². The van der Waals surface area contributed by atoms with Gasteiger partial charge in [-0.3, -0.25) is 4.79 Å². The maximum absolute atomic E-state index is 13.6. The predicted octanol–water partition coefficient (Wildman–Crippen LogP) is 3.37. The lowest BCUT2D eigenvalue weighted by molar-refractivity contribution is 0.100. The second kappa shape index (κ2) is 7.93. The number of hydrogen-bond acceptors (Lipinski definition) is 5. The van der Waals surface area contributed by atoms with Gasteiger partial charge in [0.2, 0.25) is 0 Å². The average Bonchev–Trinajstić information content (AvgIpc) is 3.12. The van der Waals surface area contributed by atoms with Crippen LogP contribution in [0.3, 0.4) is 0 Å². The number of carbonyl (C=O) groups excluding carboxylic acids is 1. The van der Waals surface area contributed by atoms with Crippen molar-refractivity contribution in [3.63, 3.8) is 0 Å². The van der Waals surface area contributed by atoms with Gasteiger partial charge in [-0.15, -0.1) is 16.4 Å². The van der Waals surface area contributed by atoms with E-state index < -0.39 is 5.91 Å². The maximum atomic E-state index is 13.6. The predicted molar refractivity (Wildman–Crippen MR) is 105 cm³/mol. The number of aromatic nitrogens is 3. The Kier molecular flexibility index (Phi) is 5.81. The first-order valence-corrected chi connectivity index (χ1v) is 9.52. The number of thiophene rings is 1. The fourth-order valence-corrected chi connectivity index (χ4v) is 4.70. The van der Waals surface area contributed by atoms with Crippen LogP contribution >= 0.6 is 34.5 Å². The van der Waals surface area contributed by atoms with Crippen molar-refractivity contribution >= 4 is 40.4 Å². The van der Waals surface area contributed by atoms with E-state index in [-0.39, 0.29) is 23.4 Å². The van der Waals surface area contributed by atoms with Crippen LogP contribution in [0.1, 0.15) is 26.7 Å². The normalized spacial score (nSPS) is 12.3. The van der Waals surface area contributed by atoms with Gasteiger partial charge in [0.25, 0.3) is 5.91 Å². The fraction of sp³-hybridized carbons (Fsp3) is 0.235. The third kappa shape index (κ3) is 3.84. The second-order valence-corrected chi connectivity index (χ2v) is 7.96. The van der Waals surface area contributed by atoms with E-state index in [1.165, 1.54) is 16.8 Å². The minimum absolute atomic E-state index is 0.149. The molecule has 0 unspecified atom stereocenters. The molecule has 0 fully saturated rings. The van der Waals surface area contributed by atoms with Gasteiger partial charge in [0.1, 0.15) is 15.8 Å². The van der Waals surface area contributed by atoms with Gasteiger partial charge in [-0.05, 0) is 36.2 Å². The van der Waals surface area contributed by atoms with E-state index in [1.54, 1.807) is 19.2 Å². The van der Waals surface area contributed by atoms with E-state index >= 15 is 0 Å². The molecular formula is C17H16Cl2FN5OS. The van der Waals surface area contributed by atoms with E-state index in [2.05, 4.69) is 10.3 Å². The number of halogens is 3. The van der Waals surface area contributed by atoms with Crippen LogP contribution in [0, 0.1) is 5.82 Å². The fourth-order valence-electron chi connectivity index (χ4n) is 3.06. The molecule has 27 heavy (non-hydrogen) atoms. The highest BCUT2D eigenvalue weighted by Gasteiger charge is 2.30. The molecule has 0 spiro atoms. The number of hydrogen-bond donors (Lipinski definition) is 2. The van der Waals surface area contributed by atoms with Crippen LogP contribution in [-0.4, -0.2) is 27.4 Å². The molecule has 3 rings (SSSR count). The summed E-state index contributed by atoms with van der Waals surface area (Å²) in [6, 6.07) is 6.21. The Morgan fingerprint density at radius 3 is 2.70 bits per heavy atom. The first-order chi connectivity index (χ1) is 12.8. The Balaban J connectivity index is 2.18. The van der Waals surface area contributed by atoms with Crippen molar-refractivity contribution < 1.29 is 9.18 Å². The van der Waals surface area contributed by atoms with E-state index in [4.69, 9.17) is 34.7 Å². The molecule has 6 nitrogen and oxygen atoms in total. The first-order valence-electron chi connectivity index (χ1n) is 7.95. The summed E-state index contributed by atoms with van der Waals surface area (Å²) >= 11 is 13.7. The maximum Gasteiger partial charge on any atom is 0.259 e. The lowest BCUT2D eigenvalue weighted by Crippen LogP contribution is -2.20. The minimum atomic E-state index is -0.618. The molecular weight excluding hydrogens is 412 g/mol. The summed E-state index contributed by atoms with van der Waals surface area (Å²) in [5.74, 6) is -1.30. The summed E-state index contributed by atoms with van der Waals surface area (Å²) in [5.41, 5.74) is 13.9. The number of primary amides is 1. The molecule has 0 saturated heterocycles. The van der Waals surface area contributed by atoms with E-state index in [1.807, 2.05) is 0 Å². The van der Waals surface area contributed by atoms with Crippen molar-refractivity contribution in [2.24, 2.45) is 18.5 Å². The number of benzene rings is 1. The van der Waals surface area contributed by atoms with Crippen LogP contribution in [-0.2, 0) is 13.5 Å². The molecule has 1 aromatic carbocycles. The lowest BCUT2D eigenvalue weighted by Gasteiger charge is -2.18. The Hall–Kier alpha value is -2.00. The molecule has 1 atom stereocenters. The minimum Gasteiger partial charge on any atom is -0.365 e. The average molecular weight is 428 g/mol. The Morgan fingerprint density at radius 2 is 2.15 bits per heavy atom. The van der Waals surface area contributed by atoms with Crippen molar-refractivity contribution in [3.05, 3.63) is 55.6 Å². The Morgan fingerprint density at radius 1 is 1.41 bits per heavy atom. The van der Waals surface area contributed by atoms with Crippen LogP contribution in [0.2, 0.25) is 9.49 Å². The number of nitrogens with zero attached hydrogens (tertiary/aromatic N) is 3. The molecule has 1 amide bonds. The summed E-state index contributed by atoms with van der Waals surface area (Å²) in [6.07, 6.45) is 0.400. The smallest absolute Gasteiger partial charge is 0.259 e. The SMILES string of the molecule is Cn1nnc(Cl)c1-c1c(Cl)sc(C(N)=O)c1[C@@H](CN)Cc1cccc(F)c1.